The number of hydrogen-bond acceptors (Lipinski definition) is 6. The van der Waals surface area contributed by atoms with Gasteiger partial charge in [-0.1, -0.05) is 34.1 Å². The van der Waals surface area contributed by atoms with Crippen molar-refractivity contribution in [1.82, 2.24) is 5.43 Å². The van der Waals surface area contributed by atoms with Crippen LogP contribution in [0.15, 0.2) is 80.7 Å². The van der Waals surface area contributed by atoms with Gasteiger partial charge in [0, 0.05) is 15.4 Å². The number of fused-ring (bicyclic) bond motifs is 1. The fourth-order valence-corrected chi connectivity index (χ4v) is 3.63. The molecule has 1 aromatic heterocycles. The highest BCUT2D eigenvalue weighted by molar-refractivity contribution is 9.10. The van der Waals surface area contributed by atoms with E-state index in [1.807, 2.05) is 37.3 Å². The molecule has 4 aromatic rings. The molecule has 0 atom stereocenters. The van der Waals surface area contributed by atoms with Gasteiger partial charge in [0.15, 0.2) is 17.3 Å². The molecule has 0 radical (unpaired) electrons. The van der Waals surface area contributed by atoms with Crippen LogP contribution in [0.5, 0.6) is 11.5 Å². The Kier molecular flexibility index (Phi) is 7.25. The van der Waals surface area contributed by atoms with Gasteiger partial charge < -0.3 is 13.9 Å². The van der Waals surface area contributed by atoms with Crippen LogP contribution in [0.25, 0.3) is 11.0 Å². The van der Waals surface area contributed by atoms with Crippen LogP contribution in [0, 0.1) is 11.3 Å². The normalized spacial score (nSPS) is 10.9. The zero-order valence-corrected chi connectivity index (χ0v) is 19.8. The van der Waals surface area contributed by atoms with Gasteiger partial charge in [0.1, 0.15) is 12.2 Å². The Morgan fingerprint density at radius 3 is 2.79 bits per heavy atom. The van der Waals surface area contributed by atoms with Crippen molar-refractivity contribution in [2.45, 2.75) is 13.5 Å². The number of benzene rings is 3. The van der Waals surface area contributed by atoms with E-state index in [1.165, 1.54) is 6.21 Å². The Morgan fingerprint density at radius 1 is 1.12 bits per heavy atom. The number of halogens is 1. The first kappa shape index (κ1) is 23.1. The van der Waals surface area contributed by atoms with E-state index in [9.17, 15) is 10.1 Å². The number of rotatable bonds is 8. The maximum atomic E-state index is 12.4. The smallest absolute Gasteiger partial charge is 0.307 e. The molecule has 3 aromatic carbocycles. The summed E-state index contributed by atoms with van der Waals surface area (Å²) in [6, 6.07) is 21.9. The standard InChI is InChI=1S/C26H20BrN3O4/c1-2-32-24-11-17(7-9-23(24)33-16-19-6-4-3-5-18(19)14-28)15-29-30-26(31)25-13-20-12-21(27)8-10-22(20)34-25/h3-13,15H,2,16H2,1H3,(H,30,31)/b29-15+. The number of nitrogens with zero attached hydrogens (tertiary/aromatic N) is 2. The van der Waals surface area contributed by atoms with Crippen molar-refractivity contribution in [3.05, 3.63) is 93.7 Å². The highest BCUT2D eigenvalue weighted by Gasteiger charge is 2.12. The van der Waals surface area contributed by atoms with Gasteiger partial charge in [-0.3, -0.25) is 4.79 Å². The van der Waals surface area contributed by atoms with Crippen molar-refractivity contribution >= 4 is 39.0 Å². The monoisotopic (exact) mass is 517 g/mol. The van der Waals surface area contributed by atoms with Crippen LogP contribution in [0.2, 0.25) is 0 Å². The van der Waals surface area contributed by atoms with Crippen LogP contribution in [-0.4, -0.2) is 18.7 Å². The molecule has 1 amide bonds. The third-order valence-corrected chi connectivity index (χ3v) is 5.36. The molecule has 0 unspecified atom stereocenters. The van der Waals surface area contributed by atoms with Crippen molar-refractivity contribution < 1.29 is 18.7 Å². The van der Waals surface area contributed by atoms with Crippen molar-refractivity contribution in [3.63, 3.8) is 0 Å². The van der Waals surface area contributed by atoms with Crippen molar-refractivity contribution in [2.24, 2.45) is 5.10 Å². The molecule has 0 saturated carbocycles. The molecule has 8 heteroatoms. The van der Waals surface area contributed by atoms with E-state index in [-0.39, 0.29) is 12.4 Å². The van der Waals surface area contributed by atoms with E-state index >= 15 is 0 Å². The SMILES string of the molecule is CCOc1cc(/C=N/NC(=O)c2cc3cc(Br)ccc3o2)ccc1OCc1ccccc1C#N. The third kappa shape index (κ3) is 5.45. The van der Waals surface area contributed by atoms with Crippen LogP contribution < -0.4 is 14.9 Å². The molecular weight excluding hydrogens is 498 g/mol. The Labute approximate surface area is 204 Å². The first-order chi connectivity index (χ1) is 16.6. The molecule has 7 nitrogen and oxygen atoms in total. The van der Waals surface area contributed by atoms with Gasteiger partial charge in [0.2, 0.25) is 0 Å². The Hall–Kier alpha value is -4.09. The van der Waals surface area contributed by atoms with Crippen LogP contribution in [0.1, 0.15) is 34.2 Å². The zero-order valence-electron chi connectivity index (χ0n) is 18.2. The van der Waals surface area contributed by atoms with E-state index in [0.717, 1.165) is 15.4 Å². The number of carbonyl (C=O) groups excluding carboxylic acids is 1. The van der Waals surface area contributed by atoms with Gasteiger partial charge in [-0.15, -0.1) is 0 Å². The van der Waals surface area contributed by atoms with Gasteiger partial charge in [-0.25, -0.2) is 5.43 Å². The Morgan fingerprint density at radius 2 is 1.97 bits per heavy atom. The first-order valence-corrected chi connectivity index (χ1v) is 11.3. The van der Waals surface area contributed by atoms with E-state index in [1.54, 1.807) is 36.4 Å². The number of ether oxygens (including phenoxy) is 2. The summed E-state index contributed by atoms with van der Waals surface area (Å²) in [6.07, 6.45) is 1.51. The lowest BCUT2D eigenvalue weighted by atomic mass is 10.1. The average Bonchev–Trinajstić information content (AvgIpc) is 3.27. The second-order valence-corrected chi connectivity index (χ2v) is 8.10. The van der Waals surface area contributed by atoms with E-state index in [0.29, 0.717) is 34.8 Å². The maximum absolute atomic E-state index is 12.4. The van der Waals surface area contributed by atoms with E-state index in [2.05, 4.69) is 32.5 Å². The lowest BCUT2D eigenvalue weighted by Crippen LogP contribution is -2.16. The number of nitriles is 1. The quantitative estimate of drug-likeness (QED) is 0.235. The highest BCUT2D eigenvalue weighted by atomic mass is 79.9. The van der Waals surface area contributed by atoms with Crippen molar-refractivity contribution in [3.8, 4) is 17.6 Å². The minimum absolute atomic E-state index is 0.168. The maximum Gasteiger partial charge on any atom is 0.307 e. The molecule has 170 valence electrons. The molecule has 0 aliphatic rings. The Bertz CT molecular complexity index is 1400. The summed E-state index contributed by atoms with van der Waals surface area (Å²) in [5, 5.41) is 14.1. The average molecular weight is 518 g/mol. The largest absolute Gasteiger partial charge is 0.490 e. The molecular formula is C26H20BrN3O4. The zero-order chi connectivity index (χ0) is 23.9. The van der Waals surface area contributed by atoms with Gasteiger partial charge in [-0.05, 0) is 61.0 Å². The van der Waals surface area contributed by atoms with Gasteiger partial charge in [0.25, 0.3) is 0 Å². The summed E-state index contributed by atoms with van der Waals surface area (Å²) in [4.78, 5) is 12.4. The van der Waals surface area contributed by atoms with Crippen LogP contribution in [0.3, 0.4) is 0 Å². The third-order valence-electron chi connectivity index (χ3n) is 4.87. The summed E-state index contributed by atoms with van der Waals surface area (Å²) >= 11 is 3.40. The predicted octanol–water partition coefficient (Wildman–Crippen LogP) is 5.81. The summed E-state index contributed by atoms with van der Waals surface area (Å²) < 4.78 is 18.1. The van der Waals surface area contributed by atoms with E-state index < -0.39 is 5.91 Å². The Balaban J connectivity index is 1.43. The van der Waals surface area contributed by atoms with Crippen LogP contribution >= 0.6 is 15.9 Å². The number of carbonyl (C=O) groups is 1. The van der Waals surface area contributed by atoms with Gasteiger partial charge in [0.05, 0.1) is 24.5 Å². The first-order valence-electron chi connectivity index (χ1n) is 10.5. The number of nitrogens with one attached hydrogen (secondary N) is 1. The van der Waals surface area contributed by atoms with Gasteiger partial charge in [-0.2, -0.15) is 10.4 Å². The lowest BCUT2D eigenvalue weighted by Gasteiger charge is -2.13. The second kappa shape index (κ2) is 10.7. The number of furan rings is 1. The number of amides is 1. The van der Waals surface area contributed by atoms with Crippen LogP contribution in [-0.2, 0) is 6.61 Å². The molecule has 1 heterocycles. The summed E-state index contributed by atoms with van der Waals surface area (Å²) in [7, 11) is 0. The molecule has 0 bridgehead atoms. The molecule has 0 spiro atoms. The molecule has 0 aliphatic heterocycles. The molecule has 34 heavy (non-hydrogen) atoms. The lowest BCUT2D eigenvalue weighted by molar-refractivity contribution is 0.0929. The summed E-state index contributed by atoms with van der Waals surface area (Å²) in [5.74, 6) is 0.797. The summed E-state index contributed by atoms with van der Waals surface area (Å²) in [5.41, 5.74) is 5.16. The highest BCUT2D eigenvalue weighted by Crippen LogP contribution is 2.29. The van der Waals surface area contributed by atoms with Crippen molar-refractivity contribution in [1.29, 1.82) is 5.26 Å². The fourth-order valence-electron chi connectivity index (χ4n) is 3.25. The second-order valence-electron chi connectivity index (χ2n) is 7.19. The van der Waals surface area contributed by atoms with Gasteiger partial charge >= 0.3 is 5.91 Å². The van der Waals surface area contributed by atoms with Crippen LogP contribution in [0.4, 0.5) is 0 Å². The minimum atomic E-state index is -0.454. The molecule has 0 fully saturated rings. The molecule has 4 rings (SSSR count). The summed E-state index contributed by atoms with van der Waals surface area (Å²) in [6.45, 7) is 2.56. The topological polar surface area (TPSA) is 96.8 Å². The molecule has 0 aliphatic carbocycles. The van der Waals surface area contributed by atoms with E-state index in [4.69, 9.17) is 13.9 Å². The number of hydrogen-bond donors (Lipinski definition) is 1. The molecule has 1 N–H and O–H groups in total. The van der Waals surface area contributed by atoms with Crippen molar-refractivity contribution in [2.75, 3.05) is 6.61 Å². The minimum Gasteiger partial charge on any atom is -0.490 e. The fraction of sp³-hybridized carbons (Fsp3) is 0.115. The molecule has 0 saturated heterocycles. The predicted molar refractivity (Wildman–Crippen MR) is 132 cm³/mol. The number of hydrazone groups is 1.